The fraction of sp³-hybridized carbons (Fsp3) is 0.957. The maximum absolute atomic E-state index is 13.7. The van der Waals surface area contributed by atoms with Gasteiger partial charge >= 0.3 is 0 Å². The second-order valence-corrected chi connectivity index (χ2v) is 11.1. The monoisotopic (exact) mass is 390 g/mol. The number of Topliss-reactive ketones (excluding diaryl/α,β-unsaturated/α-hetero) is 1. The van der Waals surface area contributed by atoms with Crippen LogP contribution in [0.5, 0.6) is 0 Å². The Kier molecular flexibility index (Phi) is 3.79. The molecule has 6 aliphatic rings. The quantitative estimate of drug-likeness (QED) is 0.734. The van der Waals surface area contributed by atoms with Crippen molar-refractivity contribution in [2.75, 3.05) is 19.8 Å². The number of carbonyl (C=O) groups excluding carboxylic acids is 1. The molecule has 0 amide bonds. The average Bonchev–Trinajstić information content (AvgIpc) is 3.07. The third-order valence-electron chi connectivity index (χ3n) is 10.1. The maximum atomic E-state index is 13.7. The van der Waals surface area contributed by atoms with Gasteiger partial charge in [0.1, 0.15) is 5.78 Å². The minimum absolute atomic E-state index is 0.107. The molecule has 28 heavy (non-hydrogen) atoms. The fourth-order valence-corrected chi connectivity index (χ4v) is 8.94. The first kappa shape index (κ1) is 18.3. The number of rotatable bonds is 2. The van der Waals surface area contributed by atoms with Crippen molar-refractivity contribution in [2.45, 2.75) is 76.8 Å². The van der Waals surface area contributed by atoms with E-state index >= 15 is 0 Å². The van der Waals surface area contributed by atoms with Crippen molar-refractivity contribution in [1.82, 2.24) is 0 Å². The number of carbonyl (C=O) groups is 1. The predicted molar refractivity (Wildman–Crippen MR) is 101 cm³/mol. The van der Waals surface area contributed by atoms with Crippen LogP contribution in [-0.4, -0.2) is 48.7 Å². The van der Waals surface area contributed by atoms with Crippen LogP contribution in [0.25, 0.3) is 0 Å². The van der Waals surface area contributed by atoms with Crippen LogP contribution in [0.3, 0.4) is 0 Å². The average molecular weight is 391 g/mol. The number of aliphatic hydroxyl groups is 1. The second-order valence-electron chi connectivity index (χ2n) is 11.1. The van der Waals surface area contributed by atoms with Gasteiger partial charge in [0.2, 0.25) is 0 Å². The number of hydrogen-bond donors (Lipinski definition) is 1. The van der Waals surface area contributed by atoms with E-state index in [0.717, 1.165) is 25.7 Å². The highest BCUT2D eigenvalue weighted by molar-refractivity contribution is 5.84. The van der Waals surface area contributed by atoms with Crippen molar-refractivity contribution in [3.8, 4) is 0 Å². The van der Waals surface area contributed by atoms with Gasteiger partial charge in [0.25, 0.3) is 0 Å². The number of ether oxygens (including phenoxy) is 3. The molecule has 6 fully saturated rings. The molecule has 0 radical (unpaired) electrons. The first-order valence-corrected chi connectivity index (χ1v) is 11.5. The second kappa shape index (κ2) is 5.81. The maximum Gasteiger partial charge on any atom is 0.195 e. The summed E-state index contributed by atoms with van der Waals surface area (Å²) in [5, 5.41) is 10.2. The minimum Gasteiger partial charge on any atom is -0.391 e. The van der Waals surface area contributed by atoms with E-state index in [4.69, 9.17) is 14.2 Å². The zero-order chi connectivity index (χ0) is 19.3. The van der Waals surface area contributed by atoms with E-state index in [-0.39, 0.29) is 29.3 Å². The van der Waals surface area contributed by atoms with Crippen molar-refractivity contribution in [3.63, 3.8) is 0 Å². The summed E-state index contributed by atoms with van der Waals surface area (Å²) >= 11 is 0. The number of hydrogen-bond acceptors (Lipinski definition) is 5. The predicted octanol–water partition coefficient (Wildman–Crippen LogP) is 2.94. The topological polar surface area (TPSA) is 68.3 Å². The largest absolute Gasteiger partial charge is 0.391 e. The molecule has 0 aromatic heterocycles. The highest BCUT2D eigenvalue weighted by atomic mass is 16.7. The molecule has 2 saturated heterocycles. The number of ketones is 1. The van der Waals surface area contributed by atoms with Gasteiger partial charge in [0.15, 0.2) is 5.79 Å². The van der Waals surface area contributed by atoms with Gasteiger partial charge in [-0.2, -0.15) is 0 Å². The molecule has 2 heterocycles. The van der Waals surface area contributed by atoms with Crippen molar-refractivity contribution in [1.29, 1.82) is 0 Å². The molecule has 5 heteroatoms. The Morgan fingerprint density at radius 1 is 1.04 bits per heavy atom. The molecular formula is C23H34O5. The molecule has 9 atom stereocenters. The summed E-state index contributed by atoms with van der Waals surface area (Å²) in [7, 11) is 0. The standard InChI is InChI=1S/C23H34O5/c1-21-11-18-17(28-18)9-13(21)3-4-14-15-5-6-19(23(12-24)26-7-8-27-23)22(15,2)10-16(25)20(14)21/h13-15,17-20,24H,3-12H2,1-2H3/t13-,14-,15-,17-,18+,19-,20+,21-,22-/m0/s1. The third kappa shape index (κ3) is 2.20. The molecule has 0 aromatic rings. The van der Waals surface area contributed by atoms with Crippen molar-refractivity contribution in [2.24, 2.45) is 40.4 Å². The van der Waals surface area contributed by atoms with Crippen LogP contribution < -0.4 is 0 Å². The lowest BCUT2D eigenvalue weighted by molar-refractivity contribution is -0.244. The van der Waals surface area contributed by atoms with Gasteiger partial charge in [-0.15, -0.1) is 0 Å². The molecule has 0 spiro atoms. The summed E-state index contributed by atoms with van der Waals surface area (Å²) < 4.78 is 17.9. The Morgan fingerprint density at radius 3 is 2.57 bits per heavy atom. The molecule has 4 aliphatic carbocycles. The highest BCUT2D eigenvalue weighted by Crippen LogP contribution is 2.69. The summed E-state index contributed by atoms with van der Waals surface area (Å²) in [5.74, 6) is 1.54. The van der Waals surface area contributed by atoms with Crippen molar-refractivity contribution in [3.05, 3.63) is 0 Å². The van der Waals surface area contributed by atoms with E-state index in [9.17, 15) is 9.90 Å². The first-order chi connectivity index (χ1) is 13.4. The van der Waals surface area contributed by atoms with Gasteiger partial charge < -0.3 is 19.3 Å². The third-order valence-corrected chi connectivity index (χ3v) is 10.1. The summed E-state index contributed by atoms with van der Waals surface area (Å²) in [6, 6.07) is 0. The Hall–Kier alpha value is -0.490. The molecule has 2 aliphatic heterocycles. The lowest BCUT2D eigenvalue weighted by Gasteiger charge is -2.59. The van der Waals surface area contributed by atoms with Gasteiger partial charge in [-0.3, -0.25) is 4.79 Å². The van der Waals surface area contributed by atoms with Gasteiger partial charge in [-0.05, 0) is 67.1 Å². The van der Waals surface area contributed by atoms with E-state index in [1.807, 2.05) is 0 Å². The Bertz CT molecular complexity index is 686. The molecular weight excluding hydrogens is 356 g/mol. The molecule has 156 valence electrons. The van der Waals surface area contributed by atoms with Crippen LogP contribution >= 0.6 is 0 Å². The van der Waals surface area contributed by atoms with Crippen LogP contribution in [0.15, 0.2) is 0 Å². The number of fused-ring (bicyclic) bond motifs is 6. The van der Waals surface area contributed by atoms with Crippen molar-refractivity contribution >= 4 is 5.78 Å². The van der Waals surface area contributed by atoms with E-state index in [1.165, 1.54) is 12.8 Å². The first-order valence-electron chi connectivity index (χ1n) is 11.5. The molecule has 4 saturated carbocycles. The Morgan fingerprint density at radius 2 is 1.82 bits per heavy atom. The van der Waals surface area contributed by atoms with E-state index < -0.39 is 5.79 Å². The lowest BCUT2D eigenvalue weighted by atomic mass is 9.44. The number of epoxide rings is 1. The minimum atomic E-state index is -0.891. The summed E-state index contributed by atoms with van der Waals surface area (Å²) in [4.78, 5) is 13.7. The van der Waals surface area contributed by atoms with Crippen molar-refractivity contribution < 1.29 is 24.1 Å². The zero-order valence-electron chi connectivity index (χ0n) is 17.2. The normalized spacial score (nSPS) is 56.5. The molecule has 0 unspecified atom stereocenters. The van der Waals surface area contributed by atoms with Crippen LogP contribution in [0.2, 0.25) is 0 Å². The summed E-state index contributed by atoms with van der Waals surface area (Å²) in [6.45, 7) is 5.67. The fourth-order valence-electron chi connectivity index (χ4n) is 8.94. The smallest absolute Gasteiger partial charge is 0.195 e. The SMILES string of the molecule is C[C@]12C[C@H]3O[C@H]3C[C@@H]1CC[C@H]1[C@@H]3CC[C@H](C4(CO)OCCO4)[C@@]3(C)CC(=O)[C@@H]12. The summed E-state index contributed by atoms with van der Waals surface area (Å²) in [5.41, 5.74) is -0.00604. The van der Waals surface area contributed by atoms with Crippen LogP contribution in [0.4, 0.5) is 0 Å². The Labute approximate surface area is 167 Å². The highest BCUT2D eigenvalue weighted by Gasteiger charge is 2.68. The van der Waals surface area contributed by atoms with Gasteiger partial charge in [0.05, 0.1) is 32.0 Å². The van der Waals surface area contributed by atoms with E-state index in [1.54, 1.807) is 0 Å². The molecule has 6 rings (SSSR count). The van der Waals surface area contributed by atoms with E-state index in [0.29, 0.717) is 55.4 Å². The van der Waals surface area contributed by atoms with Crippen LogP contribution in [0, 0.1) is 40.4 Å². The molecule has 1 N–H and O–H groups in total. The lowest BCUT2D eigenvalue weighted by Crippen LogP contribution is -2.59. The Balaban J connectivity index is 1.34. The van der Waals surface area contributed by atoms with Gasteiger partial charge in [0, 0.05) is 18.3 Å². The summed E-state index contributed by atoms with van der Waals surface area (Å²) in [6.07, 6.45) is 8.30. The molecule has 0 bridgehead atoms. The van der Waals surface area contributed by atoms with Gasteiger partial charge in [-0.25, -0.2) is 0 Å². The van der Waals surface area contributed by atoms with E-state index in [2.05, 4.69) is 13.8 Å². The molecule has 5 nitrogen and oxygen atoms in total. The number of aliphatic hydroxyl groups excluding tert-OH is 1. The van der Waals surface area contributed by atoms with Gasteiger partial charge in [-0.1, -0.05) is 13.8 Å². The molecule has 0 aromatic carbocycles. The van der Waals surface area contributed by atoms with Crippen LogP contribution in [0.1, 0.15) is 58.8 Å². The van der Waals surface area contributed by atoms with Crippen LogP contribution in [-0.2, 0) is 19.0 Å². The zero-order valence-corrected chi connectivity index (χ0v) is 17.2.